The van der Waals surface area contributed by atoms with E-state index in [0.29, 0.717) is 0 Å². The zero-order valence-electron chi connectivity index (χ0n) is 12.2. The van der Waals surface area contributed by atoms with E-state index in [1.807, 2.05) is 0 Å². The first-order chi connectivity index (χ1) is 8.74. The topological polar surface area (TPSA) is 65.7 Å². The molecule has 3 N–H and O–H groups in total. The predicted octanol–water partition coefficient (Wildman–Crippen LogP) is 1.36. The molecule has 0 aromatic carbocycles. The van der Waals surface area contributed by atoms with Gasteiger partial charge in [0.15, 0.2) is 0 Å². The zero-order valence-corrected chi connectivity index (χ0v) is 13.2. The summed E-state index contributed by atoms with van der Waals surface area (Å²) < 4.78 is 16.1. The fourth-order valence-electron chi connectivity index (χ4n) is 1.85. The summed E-state index contributed by atoms with van der Waals surface area (Å²) in [4.78, 5) is 0. The van der Waals surface area contributed by atoms with Gasteiger partial charge in [0.1, 0.15) is 0 Å². The summed E-state index contributed by atoms with van der Waals surface area (Å²) in [6.07, 6.45) is 5.81. The molecule has 0 aromatic rings. The van der Waals surface area contributed by atoms with Crippen molar-refractivity contribution in [2.24, 2.45) is 5.73 Å². The van der Waals surface area contributed by atoms with E-state index < -0.39 is 8.80 Å². The Morgan fingerprint density at radius 3 is 1.94 bits per heavy atom. The van der Waals surface area contributed by atoms with Crippen LogP contribution in [0.25, 0.3) is 0 Å². The Morgan fingerprint density at radius 1 is 0.833 bits per heavy atom. The molecule has 0 aliphatic carbocycles. The summed E-state index contributed by atoms with van der Waals surface area (Å²) in [6.45, 7) is 2.88. The predicted molar refractivity (Wildman–Crippen MR) is 76.6 cm³/mol. The van der Waals surface area contributed by atoms with Crippen molar-refractivity contribution in [2.45, 2.75) is 38.1 Å². The van der Waals surface area contributed by atoms with E-state index in [0.717, 1.165) is 38.5 Å². The monoisotopic (exact) mass is 278 g/mol. The Balaban J connectivity index is 3.38. The van der Waals surface area contributed by atoms with Crippen molar-refractivity contribution < 1.29 is 13.3 Å². The van der Waals surface area contributed by atoms with Crippen molar-refractivity contribution >= 4 is 8.80 Å². The molecule has 0 atom stereocenters. The highest BCUT2D eigenvalue weighted by molar-refractivity contribution is 6.60. The first-order valence-electron chi connectivity index (χ1n) is 6.81. The number of nitrogens with one attached hydrogen (secondary N) is 1. The van der Waals surface area contributed by atoms with Crippen LogP contribution in [0.1, 0.15) is 32.1 Å². The minimum atomic E-state index is -2.33. The summed E-state index contributed by atoms with van der Waals surface area (Å²) in [5, 5.41) is 3.38. The van der Waals surface area contributed by atoms with E-state index in [1.54, 1.807) is 21.3 Å². The fraction of sp³-hybridized carbons (Fsp3) is 1.00. The summed E-state index contributed by atoms with van der Waals surface area (Å²) in [6, 6.07) is 0.900. The molecule has 0 saturated heterocycles. The maximum atomic E-state index is 5.42. The van der Waals surface area contributed by atoms with E-state index in [2.05, 4.69) is 5.32 Å². The van der Waals surface area contributed by atoms with Gasteiger partial charge in [-0.1, -0.05) is 12.8 Å². The lowest BCUT2D eigenvalue weighted by molar-refractivity contribution is 0.122. The molecule has 0 fully saturated rings. The summed E-state index contributed by atoms with van der Waals surface area (Å²) >= 11 is 0. The lowest BCUT2D eigenvalue weighted by Crippen LogP contribution is -2.42. The number of hydrogen-bond donors (Lipinski definition) is 2. The fourth-order valence-corrected chi connectivity index (χ4v) is 3.65. The van der Waals surface area contributed by atoms with Gasteiger partial charge >= 0.3 is 8.80 Å². The van der Waals surface area contributed by atoms with Gasteiger partial charge in [0, 0.05) is 27.4 Å². The third kappa shape index (κ3) is 8.18. The summed E-state index contributed by atoms with van der Waals surface area (Å²) in [7, 11) is 2.67. The second-order valence-electron chi connectivity index (χ2n) is 4.35. The van der Waals surface area contributed by atoms with Crippen LogP contribution in [0.4, 0.5) is 0 Å². The van der Waals surface area contributed by atoms with Crippen molar-refractivity contribution in [3.63, 3.8) is 0 Å². The molecule has 18 heavy (non-hydrogen) atoms. The van der Waals surface area contributed by atoms with Gasteiger partial charge in [-0.05, 0) is 38.9 Å². The molecule has 6 heteroatoms. The van der Waals surface area contributed by atoms with E-state index in [4.69, 9.17) is 19.0 Å². The van der Waals surface area contributed by atoms with Crippen molar-refractivity contribution in [1.29, 1.82) is 0 Å². The van der Waals surface area contributed by atoms with Crippen molar-refractivity contribution in [1.82, 2.24) is 5.32 Å². The van der Waals surface area contributed by atoms with Gasteiger partial charge < -0.3 is 24.3 Å². The first kappa shape index (κ1) is 18.0. The minimum absolute atomic E-state index is 0.769. The number of nitrogens with two attached hydrogens (primary N) is 1. The van der Waals surface area contributed by atoms with E-state index in [1.165, 1.54) is 19.3 Å². The van der Waals surface area contributed by atoms with Crippen molar-refractivity contribution in [2.75, 3.05) is 41.0 Å². The van der Waals surface area contributed by atoms with Crippen LogP contribution in [-0.4, -0.2) is 49.8 Å². The molecule has 5 nitrogen and oxygen atoms in total. The van der Waals surface area contributed by atoms with Crippen LogP contribution in [0.2, 0.25) is 6.04 Å². The minimum Gasteiger partial charge on any atom is -0.377 e. The first-order valence-corrected chi connectivity index (χ1v) is 8.74. The summed E-state index contributed by atoms with van der Waals surface area (Å²) in [5.74, 6) is 0. The number of unbranched alkanes of at least 4 members (excludes halogenated alkanes) is 3. The Bertz CT molecular complexity index is 172. The van der Waals surface area contributed by atoms with Gasteiger partial charge in [0.2, 0.25) is 0 Å². The third-order valence-electron chi connectivity index (χ3n) is 3.08. The third-order valence-corrected chi connectivity index (χ3v) is 5.91. The van der Waals surface area contributed by atoms with Gasteiger partial charge in [0.25, 0.3) is 0 Å². The largest absolute Gasteiger partial charge is 0.500 e. The van der Waals surface area contributed by atoms with Crippen molar-refractivity contribution in [3.05, 3.63) is 0 Å². The van der Waals surface area contributed by atoms with Crippen LogP contribution in [-0.2, 0) is 13.3 Å². The highest BCUT2D eigenvalue weighted by Crippen LogP contribution is 2.17. The molecule has 110 valence electrons. The average molecular weight is 278 g/mol. The van der Waals surface area contributed by atoms with Gasteiger partial charge in [-0.3, -0.25) is 0 Å². The molecule has 0 heterocycles. The standard InChI is InChI=1S/C12H30N2O3Si/c1-15-18(16-2,17-3)12-7-5-4-6-10-14-11-8-9-13/h14H,4-13H2,1-3H3. The molecule has 0 amide bonds. The molecule has 0 spiro atoms. The van der Waals surface area contributed by atoms with Gasteiger partial charge in [-0.15, -0.1) is 0 Å². The van der Waals surface area contributed by atoms with Gasteiger partial charge in [-0.2, -0.15) is 0 Å². The Morgan fingerprint density at radius 2 is 1.39 bits per heavy atom. The normalized spacial score (nSPS) is 12.0. The highest BCUT2D eigenvalue weighted by atomic mass is 28.4. The van der Waals surface area contributed by atoms with Crippen LogP contribution in [0, 0.1) is 0 Å². The average Bonchev–Trinajstić information content (AvgIpc) is 2.42. The molecule has 0 rings (SSSR count). The maximum Gasteiger partial charge on any atom is 0.500 e. The number of rotatable bonds is 13. The molecule has 0 aliphatic heterocycles. The lowest BCUT2D eigenvalue weighted by Gasteiger charge is -2.24. The van der Waals surface area contributed by atoms with Crippen LogP contribution >= 0.6 is 0 Å². The molecule has 0 saturated carbocycles. The van der Waals surface area contributed by atoms with Crippen LogP contribution < -0.4 is 11.1 Å². The molecule has 0 radical (unpaired) electrons. The van der Waals surface area contributed by atoms with E-state index >= 15 is 0 Å². The van der Waals surface area contributed by atoms with Gasteiger partial charge in [-0.25, -0.2) is 0 Å². The zero-order chi connectivity index (χ0) is 13.7. The van der Waals surface area contributed by atoms with E-state index in [-0.39, 0.29) is 0 Å². The molecular formula is C12H30N2O3Si. The highest BCUT2D eigenvalue weighted by Gasteiger charge is 2.36. The Hall–Kier alpha value is 0.0169. The molecule has 0 aliphatic rings. The maximum absolute atomic E-state index is 5.42. The Kier molecular flexibility index (Phi) is 12.1. The molecule has 0 aromatic heterocycles. The second-order valence-corrected chi connectivity index (χ2v) is 7.44. The van der Waals surface area contributed by atoms with Crippen molar-refractivity contribution in [3.8, 4) is 0 Å². The van der Waals surface area contributed by atoms with Crippen LogP contribution in [0.5, 0.6) is 0 Å². The summed E-state index contributed by atoms with van der Waals surface area (Å²) in [5.41, 5.74) is 5.42. The van der Waals surface area contributed by atoms with Crippen LogP contribution in [0.15, 0.2) is 0 Å². The smallest absolute Gasteiger partial charge is 0.377 e. The second kappa shape index (κ2) is 12.1. The van der Waals surface area contributed by atoms with Crippen LogP contribution in [0.3, 0.4) is 0 Å². The quantitative estimate of drug-likeness (QED) is 0.393. The molecular weight excluding hydrogens is 248 g/mol. The molecule has 0 bridgehead atoms. The van der Waals surface area contributed by atoms with Gasteiger partial charge in [0.05, 0.1) is 0 Å². The lowest BCUT2D eigenvalue weighted by atomic mass is 10.2. The van der Waals surface area contributed by atoms with E-state index in [9.17, 15) is 0 Å². The Labute approximate surface area is 113 Å². The molecule has 0 unspecified atom stereocenters. The SMILES string of the molecule is CO[Si](CCCCCCNCCCN)(OC)OC. The number of hydrogen-bond acceptors (Lipinski definition) is 5.